The van der Waals surface area contributed by atoms with E-state index in [0.717, 1.165) is 6.42 Å². The Kier molecular flexibility index (Phi) is 6.71. The van der Waals surface area contributed by atoms with Crippen molar-refractivity contribution in [2.75, 3.05) is 20.8 Å². The molecule has 2 rings (SSSR count). The highest BCUT2D eigenvalue weighted by atomic mass is 16.6. The number of aromatic nitrogens is 1. The van der Waals surface area contributed by atoms with Crippen molar-refractivity contribution in [2.24, 2.45) is 0 Å². The quantitative estimate of drug-likeness (QED) is 0.738. The van der Waals surface area contributed by atoms with Crippen LogP contribution >= 0.6 is 0 Å². The molecule has 2 aromatic rings. The number of fused-ring (bicyclic) bond motifs is 1. The van der Waals surface area contributed by atoms with E-state index in [1.165, 1.54) is 18.8 Å². The molecule has 7 nitrogen and oxygen atoms in total. The first-order valence-electron chi connectivity index (χ1n) is 9.15. The third kappa shape index (κ3) is 4.18. The van der Waals surface area contributed by atoms with Crippen molar-refractivity contribution in [3.05, 3.63) is 28.7 Å². The summed E-state index contributed by atoms with van der Waals surface area (Å²) in [4.78, 5) is 27.1. The number of methoxy groups -OCH3 is 2. The van der Waals surface area contributed by atoms with Crippen molar-refractivity contribution in [3.63, 3.8) is 0 Å². The van der Waals surface area contributed by atoms with Crippen LogP contribution in [0.5, 0.6) is 17.2 Å². The Morgan fingerprint density at radius 3 is 2.15 bits per heavy atom. The largest absolute Gasteiger partial charge is 0.493 e. The van der Waals surface area contributed by atoms with Crippen molar-refractivity contribution in [1.29, 1.82) is 0 Å². The first kappa shape index (κ1) is 20.6. The van der Waals surface area contributed by atoms with Crippen LogP contribution < -0.4 is 19.8 Å². The number of carbonyl (C=O) groups excluding carboxylic acids is 1. The maximum atomic E-state index is 12.7. The van der Waals surface area contributed by atoms with Crippen molar-refractivity contribution in [3.8, 4) is 17.2 Å². The summed E-state index contributed by atoms with van der Waals surface area (Å²) in [7, 11) is 3.03. The highest BCUT2D eigenvalue weighted by Gasteiger charge is 2.21. The summed E-state index contributed by atoms with van der Waals surface area (Å²) < 4.78 is 17.9. The van der Waals surface area contributed by atoms with Crippen LogP contribution in [-0.4, -0.2) is 42.4 Å². The number of amides is 1. The van der Waals surface area contributed by atoms with Crippen molar-refractivity contribution in [2.45, 2.75) is 46.7 Å². The average molecular weight is 376 g/mol. The zero-order valence-corrected chi connectivity index (χ0v) is 16.9. The van der Waals surface area contributed by atoms with Gasteiger partial charge in [0.05, 0.1) is 25.8 Å². The number of nitrogens with zero attached hydrogens (tertiary/aromatic N) is 2. The van der Waals surface area contributed by atoms with Gasteiger partial charge in [-0.25, -0.2) is 4.79 Å². The lowest BCUT2D eigenvalue weighted by molar-refractivity contribution is 0.139. The zero-order chi connectivity index (χ0) is 20.1. The van der Waals surface area contributed by atoms with Crippen molar-refractivity contribution < 1.29 is 19.0 Å². The number of hydrogen-bond donors (Lipinski definition) is 0. The van der Waals surface area contributed by atoms with E-state index in [1.54, 1.807) is 23.2 Å². The molecule has 27 heavy (non-hydrogen) atoms. The van der Waals surface area contributed by atoms with Gasteiger partial charge in [-0.3, -0.25) is 4.79 Å². The Bertz CT molecular complexity index is 873. The number of hydrogen-bond acceptors (Lipinski definition) is 5. The number of ether oxygens (including phenoxy) is 3. The van der Waals surface area contributed by atoms with Gasteiger partial charge in [0.25, 0.3) is 5.56 Å². The Morgan fingerprint density at radius 2 is 1.67 bits per heavy atom. The maximum Gasteiger partial charge on any atom is 0.415 e. The van der Waals surface area contributed by atoms with Crippen molar-refractivity contribution >= 4 is 16.9 Å². The minimum Gasteiger partial charge on any atom is -0.493 e. The molecule has 0 bridgehead atoms. The minimum absolute atomic E-state index is 0.00965. The summed E-state index contributed by atoms with van der Waals surface area (Å²) in [5.74, 6) is 1.23. The van der Waals surface area contributed by atoms with Gasteiger partial charge < -0.3 is 23.7 Å². The molecule has 0 aliphatic rings. The molecule has 0 fully saturated rings. The van der Waals surface area contributed by atoms with E-state index >= 15 is 0 Å². The molecule has 1 aromatic carbocycles. The molecule has 1 heterocycles. The van der Waals surface area contributed by atoms with Gasteiger partial charge in [-0.05, 0) is 39.3 Å². The molecule has 0 aliphatic carbocycles. The molecule has 0 spiro atoms. The minimum atomic E-state index is -0.441. The number of rotatable bonds is 7. The van der Waals surface area contributed by atoms with E-state index in [9.17, 15) is 9.59 Å². The molecular weight excluding hydrogens is 348 g/mol. The second-order valence-corrected chi connectivity index (χ2v) is 6.49. The Balaban J connectivity index is 2.62. The molecule has 0 N–H and O–H groups in total. The van der Waals surface area contributed by atoms with Crippen LogP contribution in [0.1, 0.15) is 34.1 Å². The van der Waals surface area contributed by atoms with Gasteiger partial charge in [-0.2, -0.15) is 0 Å². The highest BCUT2D eigenvalue weighted by Crippen LogP contribution is 2.35. The van der Waals surface area contributed by atoms with Gasteiger partial charge in [-0.1, -0.05) is 6.92 Å². The van der Waals surface area contributed by atoms with Gasteiger partial charge in [0.1, 0.15) is 0 Å². The Morgan fingerprint density at radius 1 is 1.07 bits per heavy atom. The molecule has 0 radical (unpaired) electrons. The molecule has 0 unspecified atom stereocenters. The van der Waals surface area contributed by atoms with Crippen LogP contribution in [0, 0.1) is 0 Å². The van der Waals surface area contributed by atoms with Crippen LogP contribution in [0.4, 0.5) is 4.79 Å². The molecule has 0 atom stereocenters. The molecule has 0 aliphatic heterocycles. The molecule has 0 saturated heterocycles. The first-order chi connectivity index (χ1) is 12.9. The zero-order valence-electron chi connectivity index (χ0n) is 16.9. The van der Waals surface area contributed by atoms with Crippen LogP contribution in [0.3, 0.4) is 0 Å². The van der Waals surface area contributed by atoms with Crippen LogP contribution in [0.2, 0.25) is 0 Å². The second-order valence-electron chi connectivity index (χ2n) is 6.49. The molecule has 1 amide bonds. The third-order valence-corrected chi connectivity index (χ3v) is 4.41. The third-order valence-electron chi connectivity index (χ3n) is 4.41. The average Bonchev–Trinajstić information content (AvgIpc) is 2.66. The van der Waals surface area contributed by atoms with Crippen LogP contribution in [0.15, 0.2) is 23.1 Å². The fourth-order valence-electron chi connectivity index (χ4n) is 2.95. The van der Waals surface area contributed by atoms with Crippen LogP contribution in [-0.2, 0) is 6.54 Å². The summed E-state index contributed by atoms with van der Waals surface area (Å²) in [6, 6.07) is 3.29. The van der Waals surface area contributed by atoms with E-state index in [4.69, 9.17) is 14.2 Å². The van der Waals surface area contributed by atoms with Gasteiger partial charge in [0.15, 0.2) is 17.2 Å². The second kappa shape index (κ2) is 8.79. The summed E-state index contributed by atoms with van der Waals surface area (Å²) in [6.07, 6.45) is 1.95. The number of benzene rings is 1. The number of aryl methyl sites for hydroxylation is 1. The van der Waals surface area contributed by atoms with E-state index in [2.05, 4.69) is 0 Å². The fourth-order valence-corrected chi connectivity index (χ4v) is 2.95. The molecular formula is C20H28N2O5. The van der Waals surface area contributed by atoms with Gasteiger partial charge in [0.2, 0.25) is 0 Å². The van der Waals surface area contributed by atoms with Gasteiger partial charge in [-0.15, -0.1) is 0 Å². The molecule has 1 aromatic heterocycles. The lowest BCUT2D eigenvalue weighted by Crippen LogP contribution is -2.39. The predicted molar refractivity (Wildman–Crippen MR) is 105 cm³/mol. The van der Waals surface area contributed by atoms with E-state index < -0.39 is 6.09 Å². The highest BCUT2D eigenvalue weighted by molar-refractivity contribution is 5.92. The van der Waals surface area contributed by atoms with Crippen LogP contribution in [0.25, 0.3) is 10.8 Å². The smallest absolute Gasteiger partial charge is 0.415 e. The lowest BCUT2D eigenvalue weighted by atomic mass is 10.1. The van der Waals surface area contributed by atoms with Crippen molar-refractivity contribution in [1.82, 2.24) is 9.47 Å². The monoisotopic (exact) mass is 376 g/mol. The molecule has 0 saturated carbocycles. The van der Waals surface area contributed by atoms with E-state index in [-0.39, 0.29) is 11.6 Å². The fraction of sp³-hybridized carbons (Fsp3) is 0.500. The summed E-state index contributed by atoms with van der Waals surface area (Å²) in [5, 5.41) is 0.919. The molecule has 7 heteroatoms. The SMILES string of the molecule is CCCN(C(=O)Oc1cn(CC)c(=O)c2cc(OC)c(OC)cc12)C(C)C. The standard InChI is InChI=1S/C20H28N2O5/c1-7-9-22(13(3)4)20(24)27-18-12-21(8-2)19(23)15-11-17(26-6)16(25-5)10-14(15)18/h10-13H,7-9H2,1-6H3. The number of carbonyl (C=O) groups is 1. The lowest BCUT2D eigenvalue weighted by Gasteiger charge is -2.25. The molecule has 148 valence electrons. The van der Waals surface area contributed by atoms with Gasteiger partial charge >= 0.3 is 6.09 Å². The topological polar surface area (TPSA) is 70.0 Å². The summed E-state index contributed by atoms with van der Waals surface area (Å²) >= 11 is 0. The van der Waals surface area contributed by atoms with Gasteiger partial charge in [0, 0.05) is 24.5 Å². The summed E-state index contributed by atoms with van der Waals surface area (Å²) in [6.45, 7) is 8.80. The van der Waals surface area contributed by atoms with E-state index in [1.807, 2.05) is 27.7 Å². The number of pyridine rings is 1. The first-order valence-corrected chi connectivity index (χ1v) is 9.15. The predicted octanol–water partition coefficient (Wildman–Crippen LogP) is 3.66. The Labute approximate surface area is 159 Å². The normalized spacial score (nSPS) is 10.9. The maximum absolute atomic E-state index is 12.7. The summed E-state index contributed by atoms with van der Waals surface area (Å²) in [5.41, 5.74) is -0.178. The van der Waals surface area contributed by atoms with E-state index in [0.29, 0.717) is 41.1 Å². The Hall–Kier alpha value is -2.70.